The lowest BCUT2D eigenvalue weighted by Crippen LogP contribution is -2.14. The number of carboxylic acids is 1. The molecule has 0 aliphatic heterocycles. The second-order valence-electron chi connectivity index (χ2n) is 3.47. The van der Waals surface area contributed by atoms with Crippen molar-refractivity contribution in [3.05, 3.63) is 12.0 Å². The van der Waals surface area contributed by atoms with Crippen molar-refractivity contribution in [1.82, 2.24) is 4.98 Å². The van der Waals surface area contributed by atoms with E-state index < -0.39 is 5.97 Å². The van der Waals surface area contributed by atoms with Gasteiger partial charge in [-0.1, -0.05) is 12.8 Å². The van der Waals surface area contributed by atoms with Gasteiger partial charge in [0.15, 0.2) is 5.69 Å². The van der Waals surface area contributed by atoms with Crippen molar-refractivity contribution in [3.8, 4) is 0 Å². The average molecular weight is 196 g/mol. The topological polar surface area (TPSA) is 75.4 Å². The third-order valence-corrected chi connectivity index (χ3v) is 2.41. The molecule has 0 amide bonds. The Morgan fingerprint density at radius 3 is 2.86 bits per heavy atom. The summed E-state index contributed by atoms with van der Waals surface area (Å²) in [5, 5.41) is 11.7. The smallest absolute Gasteiger partial charge is 0.357 e. The zero-order valence-electron chi connectivity index (χ0n) is 7.69. The number of rotatable bonds is 3. The van der Waals surface area contributed by atoms with Crippen molar-refractivity contribution in [2.75, 3.05) is 5.32 Å². The SMILES string of the molecule is O=C(O)c1coc(NC2CCCC2)n1. The van der Waals surface area contributed by atoms with E-state index in [1.165, 1.54) is 12.8 Å². The van der Waals surface area contributed by atoms with Crippen molar-refractivity contribution < 1.29 is 14.3 Å². The summed E-state index contributed by atoms with van der Waals surface area (Å²) in [4.78, 5) is 14.3. The molecule has 0 unspecified atom stereocenters. The maximum absolute atomic E-state index is 10.5. The summed E-state index contributed by atoms with van der Waals surface area (Å²) >= 11 is 0. The number of carbonyl (C=O) groups is 1. The van der Waals surface area contributed by atoms with Crippen LogP contribution < -0.4 is 5.32 Å². The Kier molecular flexibility index (Phi) is 2.39. The molecule has 0 bridgehead atoms. The molecular weight excluding hydrogens is 184 g/mol. The number of aromatic nitrogens is 1. The Labute approximate surface area is 81.1 Å². The third-order valence-electron chi connectivity index (χ3n) is 2.41. The van der Waals surface area contributed by atoms with Crippen LogP contribution in [0.25, 0.3) is 0 Å². The second-order valence-corrected chi connectivity index (χ2v) is 3.47. The molecular formula is C9H12N2O3. The Morgan fingerprint density at radius 2 is 2.29 bits per heavy atom. The fraction of sp³-hybridized carbons (Fsp3) is 0.556. The second kappa shape index (κ2) is 3.69. The molecule has 0 saturated heterocycles. The van der Waals surface area contributed by atoms with E-state index in [-0.39, 0.29) is 5.69 Å². The maximum atomic E-state index is 10.5. The minimum absolute atomic E-state index is 0.0505. The molecule has 1 aromatic rings. The highest BCUT2D eigenvalue weighted by atomic mass is 16.4. The van der Waals surface area contributed by atoms with Crippen molar-refractivity contribution in [2.24, 2.45) is 0 Å². The molecule has 5 nitrogen and oxygen atoms in total. The molecule has 5 heteroatoms. The van der Waals surface area contributed by atoms with Gasteiger partial charge in [0.05, 0.1) is 0 Å². The summed E-state index contributed by atoms with van der Waals surface area (Å²) in [6.07, 6.45) is 5.78. The van der Waals surface area contributed by atoms with Gasteiger partial charge in [-0.25, -0.2) is 4.79 Å². The van der Waals surface area contributed by atoms with E-state index >= 15 is 0 Å². The van der Waals surface area contributed by atoms with Crippen LogP contribution >= 0.6 is 0 Å². The van der Waals surface area contributed by atoms with Gasteiger partial charge < -0.3 is 14.8 Å². The third kappa shape index (κ3) is 1.86. The lowest BCUT2D eigenvalue weighted by atomic mass is 10.3. The van der Waals surface area contributed by atoms with E-state index in [4.69, 9.17) is 9.52 Å². The quantitative estimate of drug-likeness (QED) is 0.769. The lowest BCUT2D eigenvalue weighted by Gasteiger charge is -2.07. The van der Waals surface area contributed by atoms with Crippen LogP contribution in [0.15, 0.2) is 10.7 Å². The number of nitrogens with one attached hydrogen (secondary N) is 1. The van der Waals surface area contributed by atoms with Gasteiger partial charge in [0, 0.05) is 6.04 Å². The normalized spacial score (nSPS) is 17.1. The van der Waals surface area contributed by atoms with Gasteiger partial charge in [0.1, 0.15) is 6.26 Å². The Bertz CT molecular complexity index is 329. The highest BCUT2D eigenvalue weighted by molar-refractivity contribution is 5.85. The molecule has 2 N–H and O–H groups in total. The minimum Gasteiger partial charge on any atom is -0.476 e. The van der Waals surface area contributed by atoms with Gasteiger partial charge in [-0.05, 0) is 12.8 Å². The molecule has 0 atom stereocenters. The molecule has 0 aromatic carbocycles. The van der Waals surface area contributed by atoms with E-state index in [0.717, 1.165) is 19.1 Å². The number of anilines is 1. The number of oxazole rings is 1. The Morgan fingerprint density at radius 1 is 1.57 bits per heavy atom. The molecule has 1 saturated carbocycles. The van der Waals surface area contributed by atoms with E-state index in [2.05, 4.69) is 10.3 Å². The van der Waals surface area contributed by atoms with Crippen LogP contribution in [0.4, 0.5) is 6.01 Å². The number of carboxylic acid groups (broad SMARTS) is 1. The zero-order valence-corrected chi connectivity index (χ0v) is 7.69. The van der Waals surface area contributed by atoms with Gasteiger partial charge >= 0.3 is 5.97 Å². The van der Waals surface area contributed by atoms with Crippen LogP contribution in [0.5, 0.6) is 0 Å². The monoisotopic (exact) mass is 196 g/mol. The fourth-order valence-electron chi connectivity index (χ4n) is 1.68. The summed E-state index contributed by atoms with van der Waals surface area (Å²) in [5.74, 6) is -1.06. The van der Waals surface area contributed by atoms with Crippen molar-refractivity contribution >= 4 is 12.0 Å². The van der Waals surface area contributed by atoms with Crippen LogP contribution in [-0.2, 0) is 0 Å². The van der Waals surface area contributed by atoms with E-state index in [1.807, 2.05) is 0 Å². The number of hydrogen-bond acceptors (Lipinski definition) is 4. The maximum Gasteiger partial charge on any atom is 0.357 e. The van der Waals surface area contributed by atoms with Crippen molar-refractivity contribution in [2.45, 2.75) is 31.7 Å². The Hall–Kier alpha value is -1.52. The van der Waals surface area contributed by atoms with E-state index in [1.54, 1.807) is 0 Å². The van der Waals surface area contributed by atoms with Crippen molar-refractivity contribution in [3.63, 3.8) is 0 Å². The number of aromatic carboxylic acids is 1. The summed E-state index contributed by atoms with van der Waals surface area (Å²) < 4.78 is 4.98. The standard InChI is InChI=1S/C9H12N2O3/c12-8(13)7-5-14-9(11-7)10-6-3-1-2-4-6/h5-6H,1-4H2,(H,10,11)(H,12,13). The van der Waals surface area contributed by atoms with Gasteiger partial charge in [-0.2, -0.15) is 4.98 Å². The first kappa shape index (κ1) is 9.05. The highest BCUT2D eigenvalue weighted by Crippen LogP contribution is 2.21. The average Bonchev–Trinajstić information content (AvgIpc) is 2.75. The summed E-state index contributed by atoms with van der Waals surface area (Å²) in [7, 11) is 0. The summed E-state index contributed by atoms with van der Waals surface area (Å²) in [6.45, 7) is 0. The first-order valence-corrected chi connectivity index (χ1v) is 4.71. The molecule has 1 aliphatic rings. The number of hydrogen-bond donors (Lipinski definition) is 2. The van der Waals surface area contributed by atoms with Crippen molar-refractivity contribution in [1.29, 1.82) is 0 Å². The molecule has 1 aromatic heterocycles. The van der Waals surface area contributed by atoms with Crippen LogP contribution in [-0.4, -0.2) is 22.1 Å². The molecule has 0 spiro atoms. The summed E-state index contributed by atoms with van der Waals surface area (Å²) in [5.41, 5.74) is -0.0505. The molecule has 1 aliphatic carbocycles. The molecule has 2 rings (SSSR count). The van der Waals surface area contributed by atoms with Crippen LogP contribution in [0.1, 0.15) is 36.2 Å². The van der Waals surface area contributed by atoms with Gasteiger partial charge in [-0.15, -0.1) is 0 Å². The fourth-order valence-corrected chi connectivity index (χ4v) is 1.68. The highest BCUT2D eigenvalue weighted by Gasteiger charge is 2.17. The summed E-state index contributed by atoms with van der Waals surface area (Å²) in [6, 6.07) is 0.699. The molecule has 14 heavy (non-hydrogen) atoms. The largest absolute Gasteiger partial charge is 0.476 e. The Balaban J connectivity index is 1.98. The molecule has 1 fully saturated rings. The molecule has 0 radical (unpaired) electrons. The van der Waals surface area contributed by atoms with Gasteiger partial charge in [-0.3, -0.25) is 0 Å². The van der Waals surface area contributed by atoms with Gasteiger partial charge in [0.25, 0.3) is 6.01 Å². The van der Waals surface area contributed by atoms with E-state index in [9.17, 15) is 4.79 Å². The minimum atomic E-state index is -1.06. The first-order chi connectivity index (χ1) is 6.75. The molecule has 1 heterocycles. The lowest BCUT2D eigenvalue weighted by molar-refractivity contribution is 0.0690. The van der Waals surface area contributed by atoms with Gasteiger partial charge in [0.2, 0.25) is 0 Å². The predicted octanol–water partition coefficient (Wildman–Crippen LogP) is 1.73. The van der Waals surface area contributed by atoms with E-state index in [0.29, 0.717) is 12.1 Å². The predicted molar refractivity (Wildman–Crippen MR) is 49.3 cm³/mol. The number of nitrogens with zero attached hydrogens (tertiary/aromatic N) is 1. The van der Waals surface area contributed by atoms with Crippen LogP contribution in [0, 0.1) is 0 Å². The first-order valence-electron chi connectivity index (χ1n) is 4.71. The van der Waals surface area contributed by atoms with Crippen LogP contribution in [0.2, 0.25) is 0 Å². The molecule has 76 valence electrons. The zero-order chi connectivity index (χ0) is 9.97. The van der Waals surface area contributed by atoms with Crippen LogP contribution in [0.3, 0.4) is 0 Å².